The molecule has 8 heteroatoms. The van der Waals surface area contributed by atoms with E-state index < -0.39 is 0 Å². The van der Waals surface area contributed by atoms with Crippen LogP contribution in [0.15, 0.2) is 47.5 Å². The van der Waals surface area contributed by atoms with Gasteiger partial charge < -0.3 is 24.8 Å². The number of aromatic nitrogens is 2. The number of nitrogens with zero attached hydrogens (tertiary/aromatic N) is 3. The molecule has 1 atom stereocenters. The molecule has 0 unspecified atom stereocenters. The molecular weight excluding hydrogens is 382 g/mol. The average Bonchev–Trinajstić information content (AvgIpc) is 3.25. The van der Waals surface area contributed by atoms with Crippen LogP contribution < -0.4 is 20.5 Å². The summed E-state index contributed by atoms with van der Waals surface area (Å²) in [6.45, 7) is 4.64. The van der Waals surface area contributed by atoms with Crippen molar-refractivity contribution in [3.63, 3.8) is 0 Å². The van der Waals surface area contributed by atoms with E-state index in [9.17, 15) is 9.59 Å². The summed E-state index contributed by atoms with van der Waals surface area (Å²) in [4.78, 5) is 35.9. The predicted octanol–water partition coefficient (Wildman–Crippen LogP) is 1.65. The first-order chi connectivity index (χ1) is 14.6. The minimum atomic E-state index is -0.139. The van der Waals surface area contributed by atoms with Crippen molar-refractivity contribution in [2.45, 2.75) is 19.4 Å². The molecule has 2 aromatic rings. The van der Waals surface area contributed by atoms with E-state index in [1.807, 2.05) is 43.1 Å². The van der Waals surface area contributed by atoms with Crippen LogP contribution in [-0.4, -0.2) is 67.2 Å². The number of anilines is 1. The lowest BCUT2D eigenvalue weighted by molar-refractivity contribution is -0.125. The van der Waals surface area contributed by atoms with Crippen molar-refractivity contribution < 1.29 is 9.53 Å². The van der Waals surface area contributed by atoms with Crippen molar-refractivity contribution in [2.75, 3.05) is 45.2 Å². The number of H-pyrrole nitrogens is 1. The zero-order valence-electron chi connectivity index (χ0n) is 17.7. The van der Waals surface area contributed by atoms with Gasteiger partial charge in [-0.25, -0.2) is 4.98 Å². The van der Waals surface area contributed by atoms with E-state index in [-0.39, 0.29) is 17.5 Å². The number of carbonyl (C=O) groups excluding carboxylic acids is 1. The zero-order chi connectivity index (χ0) is 21.5. The summed E-state index contributed by atoms with van der Waals surface area (Å²) in [5.41, 5.74) is 2.26. The van der Waals surface area contributed by atoms with E-state index in [0.717, 1.165) is 17.5 Å². The number of rotatable bonds is 8. The van der Waals surface area contributed by atoms with Gasteiger partial charge in [-0.3, -0.25) is 9.59 Å². The van der Waals surface area contributed by atoms with Gasteiger partial charge in [-0.2, -0.15) is 0 Å². The van der Waals surface area contributed by atoms with Crippen LogP contribution in [0.25, 0.3) is 11.1 Å². The summed E-state index contributed by atoms with van der Waals surface area (Å²) in [7, 11) is 3.41. The Balaban J connectivity index is 1.81. The molecular formula is C22H29N5O3. The van der Waals surface area contributed by atoms with Gasteiger partial charge in [0.1, 0.15) is 5.69 Å². The Labute approximate surface area is 176 Å². The van der Waals surface area contributed by atoms with Gasteiger partial charge in [0.05, 0.1) is 7.11 Å². The largest absolute Gasteiger partial charge is 0.481 e. The topological polar surface area (TPSA) is 90.6 Å². The van der Waals surface area contributed by atoms with Gasteiger partial charge in [-0.05, 0) is 38.1 Å². The number of methoxy groups -OCH3 is 1. The Kier molecular flexibility index (Phi) is 7.24. The summed E-state index contributed by atoms with van der Waals surface area (Å²) in [6.07, 6.45) is 7.64. The van der Waals surface area contributed by atoms with Crippen molar-refractivity contribution in [3.8, 4) is 17.0 Å². The second kappa shape index (κ2) is 10.1. The first-order valence-electron chi connectivity index (χ1n) is 10.2. The summed E-state index contributed by atoms with van der Waals surface area (Å²) in [6, 6.07) is 5.71. The maximum Gasteiger partial charge on any atom is 0.271 e. The SMILES string of the molecule is CCN(c1cc(-c2ccnc(OC)c2)c[nH]c1=O)[C@@H]1CCN(C(=O)/C=C/CNC)C1. The van der Waals surface area contributed by atoms with E-state index in [2.05, 4.69) is 20.2 Å². The van der Waals surface area contributed by atoms with E-state index in [1.165, 1.54) is 0 Å². The van der Waals surface area contributed by atoms with Crippen molar-refractivity contribution in [1.82, 2.24) is 20.2 Å². The number of aromatic amines is 1. The Morgan fingerprint density at radius 3 is 3.00 bits per heavy atom. The molecule has 1 saturated heterocycles. The molecule has 1 fully saturated rings. The molecule has 0 radical (unpaired) electrons. The second-order valence-corrected chi connectivity index (χ2v) is 7.16. The number of likely N-dealkylation sites (tertiary alicyclic amines) is 1. The fourth-order valence-corrected chi connectivity index (χ4v) is 3.76. The molecule has 0 saturated carbocycles. The summed E-state index contributed by atoms with van der Waals surface area (Å²) >= 11 is 0. The third-order valence-electron chi connectivity index (χ3n) is 5.31. The molecule has 1 amide bonds. The highest BCUT2D eigenvalue weighted by Gasteiger charge is 2.30. The highest BCUT2D eigenvalue weighted by molar-refractivity contribution is 5.88. The molecule has 0 spiro atoms. The third kappa shape index (κ3) is 4.88. The molecule has 160 valence electrons. The monoisotopic (exact) mass is 411 g/mol. The van der Waals surface area contributed by atoms with E-state index >= 15 is 0 Å². The van der Waals surface area contributed by atoms with Crippen LogP contribution in [-0.2, 0) is 4.79 Å². The van der Waals surface area contributed by atoms with Gasteiger partial charge in [0.2, 0.25) is 11.8 Å². The minimum absolute atomic E-state index is 0.00958. The van der Waals surface area contributed by atoms with Gasteiger partial charge in [-0.15, -0.1) is 0 Å². The molecule has 0 aliphatic carbocycles. The normalized spacial score (nSPS) is 16.2. The number of hydrogen-bond acceptors (Lipinski definition) is 6. The van der Waals surface area contributed by atoms with Crippen molar-refractivity contribution in [2.24, 2.45) is 0 Å². The van der Waals surface area contributed by atoms with Gasteiger partial charge in [-0.1, -0.05) is 6.08 Å². The zero-order valence-corrected chi connectivity index (χ0v) is 17.7. The first-order valence-corrected chi connectivity index (χ1v) is 10.2. The quantitative estimate of drug-likeness (QED) is 0.642. The fraction of sp³-hybridized carbons (Fsp3) is 0.409. The number of amides is 1. The minimum Gasteiger partial charge on any atom is -0.481 e. The van der Waals surface area contributed by atoms with Gasteiger partial charge >= 0.3 is 0 Å². The number of ether oxygens (including phenoxy) is 1. The Hall–Kier alpha value is -3.13. The smallest absolute Gasteiger partial charge is 0.271 e. The lowest BCUT2D eigenvalue weighted by Gasteiger charge is -2.29. The molecule has 2 aromatic heterocycles. The maximum atomic E-state index is 12.6. The first kappa shape index (κ1) is 21.6. The molecule has 2 N–H and O–H groups in total. The second-order valence-electron chi connectivity index (χ2n) is 7.16. The van der Waals surface area contributed by atoms with Crippen LogP contribution in [0.2, 0.25) is 0 Å². The highest BCUT2D eigenvalue weighted by Crippen LogP contribution is 2.26. The van der Waals surface area contributed by atoms with Crippen molar-refractivity contribution >= 4 is 11.6 Å². The molecule has 3 heterocycles. The molecule has 0 bridgehead atoms. The van der Waals surface area contributed by atoms with Crippen LogP contribution >= 0.6 is 0 Å². The third-order valence-corrected chi connectivity index (χ3v) is 5.31. The highest BCUT2D eigenvalue weighted by atomic mass is 16.5. The van der Waals surface area contributed by atoms with Gasteiger partial charge in [0, 0.05) is 62.3 Å². The van der Waals surface area contributed by atoms with Crippen LogP contribution in [0, 0.1) is 0 Å². The van der Waals surface area contributed by atoms with Crippen LogP contribution in [0.3, 0.4) is 0 Å². The van der Waals surface area contributed by atoms with E-state index in [4.69, 9.17) is 4.74 Å². The van der Waals surface area contributed by atoms with Crippen LogP contribution in [0.1, 0.15) is 13.3 Å². The molecule has 0 aromatic carbocycles. The number of carbonyl (C=O) groups is 1. The molecule has 8 nitrogen and oxygen atoms in total. The van der Waals surface area contributed by atoms with Crippen LogP contribution in [0.4, 0.5) is 5.69 Å². The summed E-state index contributed by atoms with van der Waals surface area (Å²) < 4.78 is 5.21. The lowest BCUT2D eigenvalue weighted by atomic mass is 10.1. The fourth-order valence-electron chi connectivity index (χ4n) is 3.76. The average molecular weight is 412 g/mol. The van der Waals surface area contributed by atoms with Crippen LogP contribution in [0.5, 0.6) is 5.88 Å². The molecule has 30 heavy (non-hydrogen) atoms. The predicted molar refractivity (Wildman–Crippen MR) is 118 cm³/mol. The van der Waals surface area contributed by atoms with E-state index in [1.54, 1.807) is 25.6 Å². The Bertz CT molecular complexity index is 956. The standard InChI is InChI=1S/C22H29N5O3/c1-4-27(18-8-11-26(15-18)21(28)6-5-9-23-2)19-12-17(14-25-22(19)29)16-7-10-24-20(13-16)30-3/h5-7,10,12-14,18,23H,4,8-9,11,15H2,1-3H3,(H,25,29)/b6-5+/t18-/m1/s1. The molecule has 1 aliphatic heterocycles. The van der Waals surface area contributed by atoms with E-state index in [0.29, 0.717) is 37.7 Å². The molecule has 3 rings (SSSR count). The lowest BCUT2D eigenvalue weighted by Crippen LogP contribution is -2.41. The van der Waals surface area contributed by atoms with Gasteiger partial charge in [0.25, 0.3) is 5.56 Å². The van der Waals surface area contributed by atoms with Crippen molar-refractivity contribution in [3.05, 3.63) is 53.1 Å². The van der Waals surface area contributed by atoms with Gasteiger partial charge in [0.15, 0.2) is 0 Å². The molecule has 1 aliphatic rings. The Morgan fingerprint density at radius 1 is 1.43 bits per heavy atom. The van der Waals surface area contributed by atoms with Crippen molar-refractivity contribution in [1.29, 1.82) is 0 Å². The summed E-state index contributed by atoms with van der Waals surface area (Å²) in [5, 5.41) is 2.99. The number of hydrogen-bond donors (Lipinski definition) is 2. The number of pyridine rings is 2. The number of likely N-dealkylation sites (N-methyl/N-ethyl adjacent to an activating group) is 2. The summed E-state index contributed by atoms with van der Waals surface area (Å²) in [5.74, 6) is 0.527. The Morgan fingerprint density at radius 2 is 2.27 bits per heavy atom. The number of nitrogens with one attached hydrogen (secondary N) is 2. The maximum absolute atomic E-state index is 12.6.